The summed E-state index contributed by atoms with van der Waals surface area (Å²) in [5.74, 6) is 1.30. The van der Waals surface area contributed by atoms with Gasteiger partial charge in [-0.15, -0.1) is 15.0 Å². The Morgan fingerprint density at radius 1 is 1.19 bits per heavy atom. The van der Waals surface area contributed by atoms with E-state index in [1.54, 1.807) is 0 Å². The lowest BCUT2D eigenvalue weighted by molar-refractivity contribution is 0.337. The molecular formula is C15H19N5O. The molecule has 0 bridgehead atoms. The Morgan fingerprint density at radius 3 is 2.52 bits per heavy atom. The van der Waals surface area contributed by atoms with E-state index in [0.717, 1.165) is 18.8 Å². The molecule has 1 aromatic carbocycles. The van der Waals surface area contributed by atoms with E-state index in [1.165, 1.54) is 4.80 Å². The molecule has 0 spiro atoms. The first-order valence-electron chi connectivity index (χ1n) is 7.09. The second-order valence-electron chi connectivity index (χ2n) is 4.35. The molecule has 0 aliphatic carbocycles. The van der Waals surface area contributed by atoms with Gasteiger partial charge < -0.3 is 9.64 Å². The summed E-state index contributed by atoms with van der Waals surface area (Å²) in [6.07, 6.45) is 0. The molecule has 0 aliphatic rings. The van der Waals surface area contributed by atoms with E-state index in [2.05, 4.69) is 16.3 Å². The van der Waals surface area contributed by atoms with E-state index in [4.69, 9.17) is 4.74 Å². The Balaban J connectivity index is 2.49. The third kappa shape index (κ3) is 2.97. The summed E-state index contributed by atoms with van der Waals surface area (Å²) in [6, 6.07) is 9.64. The molecule has 0 saturated carbocycles. The van der Waals surface area contributed by atoms with Crippen molar-refractivity contribution in [3.63, 3.8) is 0 Å². The van der Waals surface area contributed by atoms with Crippen LogP contribution in [0, 0.1) is 11.3 Å². The molecule has 0 amide bonds. The monoisotopic (exact) mass is 285 g/mol. The normalized spacial score (nSPS) is 10.2. The Labute approximate surface area is 124 Å². The first-order valence-corrected chi connectivity index (χ1v) is 7.09. The zero-order valence-corrected chi connectivity index (χ0v) is 12.6. The van der Waals surface area contributed by atoms with Crippen molar-refractivity contribution in [2.24, 2.45) is 0 Å². The number of anilines is 1. The molecule has 2 rings (SSSR count). The number of hydrogen-bond acceptors (Lipinski definition) is 5. The molecule has 1 aromatic heterocycles. The highest BCUT2D eigenvalue weighted by Gasteiger charge is 2.18. The molecule has 0 unspecified atom stereocenters. The number of benzene rings is 1. The van der Waals surface area contributed by atoms with Gasteiger partial charge in [0.05, 0.1) is 6.61 Å². The van der Waals surface area contributed by atoms with E-state index in [1.807, 2.05) is 49.9 Å². The second-order valence-corrected chi connectivity index (χ2v) is 4.35. The number of nitriles is 1. The highest BCUT2D eigenvalue weighted by atomic mass is 16.5. The van der Waals surface area contributed by atoms with Gasteiger partial charge in [-0.1, -0.05) is 12.1 Å². The van der Waals surface area contributed by atoms with Gasteiger partial charge in [0.15, 0.2) is 5.82 Å². The van der Waals surface area contributed by atoms with Gasteiger partial charge in [-0.05, 0) is 32.9 Å². The third-order valence-corrected chi connectivity index (χ3v) is 3.15. The molecule has 0 N–H and O–H groups in total. The van der Waals surface area contributed by atoms with Gasteiger partial charge in [-0.2, -0.15) is 5.26 Å². The molecule has 6 heteroatoms. The van der Waals surface area contributed by atoms with E-state index in [0.29, 0.717) is 23.9 Å². The summed E-state index contributed by atoms with van der Waals surface area (Å²) in [5, 5.41) is 18.0. The number of hydrogen-bond donors (Lipinski definition) is 0. The van der Waals surface area contributed by atoms with E-state index in [9.17, 15) is 5.26 Å². The molecule has 1 heterocycles. The van der Waals surface area contributed by atoms with Crippen molar-refractivity contribution in [3.05, 3.63) is 30.0 Å². The maximum Gasteiger partial charge on any atom is 0.207 e. The molecule has 2 aromatic rings. The predicted octanol–water partition coefficient (Wildman–Crippen LogP) is 2.38. The summed E-state index contributed by atoms with van der Waals surface area (Å²) in [7, 11) is 0. The molecule has 110 valence electrons. The molecular weight excluding hydrogens is 266 g/mol. The van der Waals surface area contributed by atoms with Crippen molar-refractivity contribution in [2.45, 2.75) is 20.8 Å². The topological polar surface area (TPSA) is 67.0 Å². The molecule has 6 nitrogen and oxygen atoms in total. The van der Waals surface area contributed by atoms with Gasteiger partial charge in [0.25, 0.3) is 0 Å². The van der Waals surface area contributed by atoms with Crippen molar-refractivity contribution >= 4 is 5.82 Å². The van der Waals surface area contributed by atoms with Gasteiger partial charge >= 0.3 is 0 Å². The van der Waals surface area contributed by atoms with E-state index >= 15 is 0 Å². The first-order chi connectivity index (χ1) is 10.2. The summed E-state index contributed by atoms with van der Waals surface area (Å²) in [4.78, 5) is 3.47. The van der Waals surface area contributed by atoms with Crippen LogP contribution in [-0.2, 0) is 0 Å². The van der Waals surface area contributed by atoms with Crippen molar-refractivity contribution < 1.29 is 4.74 Å². The summed E-state index contributed by atoms with van der Waals surface area (Å²) in [5.41, 5.74) is 1.05. The standard InChI is InChI=1S/C15H19N5O/c1-4-19(5-2)15-12(11-16)17-20(18-15)13-9-7-8-10-14(13)21-6-3/h7-10H,4-6H2,1-3H3. The minimum absolute atomic E-state index is 0.324. The third-order valence-electron chi connectivity index (χ3n) is 3.15. The van der Waals surface area contributed by atoms with Crippen LogP contribution in [0.2, 0.25) is 0 Å². The molecule has 21 heavy (non-hydrogen) atoms. The average molecular weight is 285 g/mol. The maximum atomic E-state index is 9.27. The minimum atomic E-state index is 0.324. The van der Waals surface area contributed by atoms with E-state index < -0.39 is 0 Å². The second kappa shape index (κ2) is 6.75. The highest BCUT2D eigenvalue weighted by molar-refractivity contribution is 5.52. The molecule has 0 aliphatic heterocycles. The summed E-state index contributed by atoms with van der Waals surface area (Å²) >= 11 is 0. The maximum absolute atomic E-state index is 9.27. The van der Waals surface area contributed by atoms with Crippen molar-refractivity contribution in [1.82, 2.24) is 15.0 Å². The SMILES string of the molecule is CCOc1ccccc1-n1nc(C#N)c(N(CC)CC)n1. The van der Waals surface area contributed by atoms with Crippen LogP contribution in [0.1, 0.15) is 26.5 Å². The summed E-state index contributed by atoms with van der Waals surface area (Å²) < 4.78 is 5.59. The Kier molecular flexibility index (Phi) is 4.77. The lowest BCUT2D eigenvalue weighted by Crippen LogP contribution is -2.23. The lowest BCUT2D eigenvalue weighted by Gasteiger charge is -2.16. The number of nitrogens with zero attached hydrogens (tertiary/aromatic N) is 5. The number of aromatic nitrogens is 3. The lowest BCUT2D eigenvalue weighted by atomic mass is 10.3. The summed E-state index contributed by atoms with van der Waals surface area (Å²) in [6.45, 7) is 8.09. The Hall–Kier alpha value is -2.55. The smallest absolute Gasteiger partial charge is 0.207 e. The van der Waals surface area contributed by atoms with Crippen LogP contribution in [0.4, 0.5) is 5.82 Å². The van der Waals surface area contributed by atoms with Gasteiger partial charge in [-0.3, -0.25) is 0 Å². The minimum Gasteiger partial charge on any atom is -0.492 e. The Morgan fingerprint density at radius 2 is 1.90 bits per heavy atom. The quantitative estimate of drug-likeness (QED) is 0.815. The van der Waals surface area contributed by atoms with Crippen LogP contribution in [0.15, 0.2) is 24.3 Å². The molecule has 0 radical (unpaired) electrons. The Bertz CT molecular complexity index is 640. The van der Waals surface area contributed by atoms with Gasteiger partial charge in [-0.25, -0.2) is 0 Å². The fraction of sp³-hybridized carbons (Fsp3) is 0.400. The van der Waals surface area contributed by atoms with Crippen molar-refractivity contribution in [2.75, 3.05) is 24.6 Å². The van der Waals surface area contributed by atoms with Crippen LogP contribution in [0.25, 0.3) is 5.69 Å². The fourth-order valence-electron chi connectivity index (χ4n) is 2.12. The highest BCUT2D eigenvalue weighted by Crippen LogP contribution is 2.24. The van der Waals surface area contributed by atoms with Gasteiger partial charge in [0.1, 0.15) is 17.5 Å². The van der Waals surface area contributed by atoms with Crippen LogP contribution in [-0.4, -0.2) is 34.7 Å². The molecule has 0 saturated heterocycles. The fourth-order valence-corrected chi connectivity index (χ4v) is 2.12. The number of ether oxygens (including phenoxy) is 1. The van der Waals surface area contributed by atoms with E-state index in [-0.39, 0.29) is 0 Å². The van der Waals surface area contributed by atoms with Gasteiger partial charge in [0.2, 0.25) is 5.69 Å². The average Bonchev–Trinajstić information content (AvgIpc) is 2.93. The van der Waals surface area contributed by atoms with Gasteiger partial charge in [0, 0.05) is 13.1 Å². The van der Waals surface area contributed by atoms with Crippen molar-refractivity contribution in [1.29, 1.82) is 5.26 Å². The predicted molar refractivity (Wildman–Crippen MR) is 80.8 cm³/mol. The number of para-hydroxylation sites is 2. The van der Waals surface area contributed by atoms with Crippen molar-refractivity contribution in [3.8, 4) is 17.5 Å². The molecule has 0 atom stereocenters. The zero-order valence-electron chi connectivity index (χ0n) is 12.6. The first kappa shape index (κ1) is 14.9. The zero-order chi connectivity index (χ0) is 15.2. The van der Waals surface area contributed by atoms with Crippen LogP contribution >= 0.6 is 0 Å². The van der Waals surface area contributed by atoms with Crippen LogP contribution in [0.5, 0.6) is 5.75 Å². The van der Waals surface area contributed by atoms with Crippen LogP contribution in [0.3, 0.4) is 0 Å². The molecule has 0 fully saturated rings. The number of rotatable bonds is 6. The van der Waals surface area contributed by atoms with Crippen LogP contribution < -0.4 is 9.64 Å². The largest absolute Gasteiger partial charge is 0.492 e.